The molecule has 0 saturated heterocycles. The zero-order valence-electron chi connectivity index (χ0n) is 16.6. The van der Waals surface area contributed by atoms with Crippen LogP contribution in [-0.2, 0) is 17.8 Å². The second-order valence-electron chi connectivity index (χ2n) is 7.06. The molecule has 0 bridgehead atoms. The normalized spacial score (nSPS) is 11.0. The van der Waals surface area contributed by atoms with Crippen molar-refractivity contribution < 1.29 is 4.79 Å². The van der Waals surface area contributed by atoms with Crippen molar-refractivity contribution in [2.45, 2.75) is 33.2 Å². The van der Waals surface area contributed by atoms with Gasteiger partial charge in [0.05, 0.1) is 5.69 Å². The quantitative estimate of drug-likeness (QED) is 0.550. The lowest BCUT2D eigenvalue weighted by atomic mass is 10.1. The zero-order chi connectivity index (χ0) is 20.2. The lowest BCUT2D eigenvalue weighted by molar-refractivity contribution is -0.121. The van der Waals surface area contributed by atoms with E-state index >= 15 is 0 Å². The third kappa shape index (κ3) is 4.16. The van der Waals surface area contributed by atoms with Gasteiger partial charge in [0.15, 0.2) is 5.65 Å². The molecule has 0 aliphatic carbocycles. The Morgan fingerprint density at radius 3 is 2.69 bits per heavy atom. The number of rotatable bonds is 6. The second kappa shape index (κ2) is 8.22. The molecule has 3 heterocycles. The molecule has 0 atom stereocenters. The van der Waals surface area contributed by atoms with Gasteiger partial charge in [-0.3, -0.25) is 9.78 Å². The molecule has 0 aliphatic heterocycles. The molecule has 1 N–H and O–H groups in total. The highest BCUT2D eigenvalue weighted by Crippen LogP contribution is 2.22. The van der Waals surface area contributed by atoms with E-state index in [-0.39, 0.29) is 5.91 Å². The molecule has 1 aromatic carbocycles. The van der Waals surface area contributed by atoms with E-state index in [1.165, 1.54) is 0 Å². The number of hydrogen-bond donors (Lipinski definition) is 1. The van der Waals surface area contributed by atoms with Gasteiger partial charge in [0, 0.05) is 48.4 Å². The summed E-state index contributed by atoms with van der Waals surface area (Å²) in [5, 5.41) is 7.68. The van der Waals surface area contributed by atoms with Crippen LogP contribution in [0.1, 0.15) is 28.9 Å². The average molecular weight is 385 g/mol. The van der Waals surface area contributed by atoms with Crippen molar-refractivity contribution in [3.63, 3.8) is 0 Å². The molecule has 0 aliphatic rings. The molecule has 0 saturated carbocycles. The topological polar surface area (TPSA) is 72.2 Å². The maximum Gasteiger partial charge on any atom is 0.220 e. The Labute approximate surface area is 169 Å². The number of aromatic nitrogens is 4. The van der Waals surface area contributed by atoms with Crippen molar-refractivity contribution in [1.29, 1.82) is 0 Å². The summed E-state index contributed by atoms with van der Waals surface area (Å²) < 4.78 is 1.87. The first-order valence-corrected chi connectivity index (χ1v) is 9.68. The number of aryl methyl sites for hydroxylation is 2. The summed E-state index contributed by atoms with van der Waals surface area (Å²) >= 11 is 0. The minimum absolute atomic E-state index is 0.0122. The van der Waals surface area contributed by atoms with Crippen LogP contribution < -0.4 is 5.32 Å². The molecule has 4 aromatic rings. The fraction of sp³-hybridized carbons (Fsp3) is 0.217. The molecule has 4 rings (SSSR count). The highest BCUT2D eigenvalue weighted by Gasteiger charge is 2.14. The van der Waals surface area contributed by atoms with Gasteiger partial charge in [-0.05, 0) is 37.5 Å². The van der Waals surface area contributed by atoms with Crippen LogP contribution in [-0.4, -0.2) is 25.5 Å². The maximum absolute atomic E-state index is 12.3. The van der Waals surface area contributed by atoms with E-state index in [4.69, 9.17) is 10.1 Å². The van der Waals surface area contributed by atoms with Crippen LogP contribution in [0.25, 0.3) is 16.9 Å². The monoisotopic (exact) mass is 385 g/mol. The summed E-state index contributed by atoms with van der Waals surface area (Å²) in [5.74, 6) is 0.0122. The molecule has 0 unspecified atom stereocenters. The minimum atomic E-state index is 0.0122. The number of carbonyl (C=O) groups is 1. The summed E-state index contributed by atoms with van der Waals surface area (Å²) in [4.78, 5) is 21.1. The van der Waals surface area contributed by atoms with Gasteiger partial charge in [-0.25, -0.2) is 9.50 Å². The Balaban J connectivity index is 1.49. The van der Waals surface area contributed by atoms with Crippen LogP contribution in [0.15, 0.2) is 60.9 Å². The molecule has 1 amide bonds. The zero-order valence-corrected chi connectivity index (χ0v) is 16.6. The van der Waals surface area contributed by atoms with Crippen LogP contribution >= 0.6 is 0 Å². The molecule has 0 radical (unpaired) electrons. The number of amides is 1. The fourth-order valence-electron chi connectivity index (χ4n) is 3.47. The van der Waals surface area contributed by atoms with Crippen molar-refractivity contribution in [2.24, 2.45) is 0 Å². The van der Waals surface area contributed by atoms with Crippen LogP contribution in [0.4, 0.5) is 0 Å². The molecule has 3 aromatic heterocycles. The minimum Gasteiger partial charge on any atom is -0.352 e. The molecule has 29 heavy (non-hydrogen) atoms. The van der Waals surface area contributed by atoms with Crippen molar-refractivity contribution in [2.75, 3.05) is 0 Å². The van der Waals surface area contributed by atoms with Gasteiger partial charge < -0.3 is 5.32 Å². The van der Waals surface area contributed by atoms with Crippen LogP contribution in [0.2, 0.25) is 0 Å². The third-order valence-electron chi connectivity index (χ3n) is 5.05. The number of hydrogen-bond acceptors (Lipinski definition) is 4. The molecule has 6 heteroatoms. The average Bonchev–Trinajstić information content (AvgIpc) is 3.18. The first-order valence-electron chi connectivity index (χ1n) is 9.68. The molecular weight excluding hydrogens is 362 g/mol. The van der Waals surface area contributed by atoms with E-state index < -0.39 is 0 Å². The predicted molar refractivity (Wildman–Crippen MR) is 112 cm³/mol. The smallest absolute Gasteiger partial charge is 0.220 e. The highest BCUT2D eigenvalue weighted by atomic mass is 16.1. The molecular formula is C23H23N5O. The van der Waals surface area contributed by atoms with E-state index in [9.17, 15) is 4.79 Å². The second-order valence-corrected chi connectivity index (χ2v) is 7.06. The summed E-state index contributed by atoms with van der Waals surface area (Å²) in [6.07, 6.45) is 4.51. The lowest BCUT2D eigenvalue weighted by Gasteiger charge is -2.11. The fourth-order valence-corrected chi connectivity index (χ4v) is 3.47. The van der Waals surface area contributed by atoms with Crippen LogP contribution in [0, 0.1) is 13.8 Å². The van der Waals surface area contributed by atoms with Gasteiger partial charge in [0.2, 0.25) is 5.91 Å². The van der Waals surface area contributed by atoms with Crippen LogP contribution in [0.5, 0.6) is 0 Å². The summed E-state index contributed by atoms with van der Waals surface area (Å²) in [7, 11) is 0. The summed E-state index contributed by atoms with van der Waals surface area (Å²) in [6.45, 7) is 4.51. The molecule has 6 nitrogen and oxygen atoms in total. The van der Waals surface area contributed by atoms with Gasteiger partial charge in [0.25, 0.3) is 0 Å². The number of nitrogens with one attached hydrogen (secondary N) is 1. The summed E-state index contributed by atoms with van der Waals surface area (Å²) in [5.41, 5.74) is 6.80. The van der Waals surface area contributed by atoms with Crippen LogP contribution in [0.3, 0.4) is 0 Å². The Kier molecular flexibility index (Phi) is 5.33. The van der Waals surface area contributed by atoms with E-state index in [2.05, 4.69) is 10.3 Å². The van der Waals surface area contributed by atoms with Gasteiger partial charge >= 0.3 is 0 Å². The Hall–Kier alpha value is -3.54. The van der Waals surface area contributed by atoms with E-state index in [0.717, 1.165) is 39.4 Å². The van der Waals surface area contributed by atoms with Crippen molar-refractivity contribution >= 4 is 11.6 Å². The van der Waals surface area contributed by atoms with Gasteiger partial charge in [0.1, 0.15) is 0 Å². The van der Waals surface area contributed by atoms with E-state index in [0.29, 0.717) is 19.4 Å². The number of fused-ring (bicyclic) bond motifs is 1. The number of benzene rings is 1. The Morgan fingerprint density at radius 1 is 1.10 bits per heavy atom. The van der Waals surface area contributed by atoms with Gasteiger partial charge in [-0.1, -0.05) is 36.4 Å². The van der Waals surface area contributed by atoms with Gasteiger partial charge in [-0.15, -0.1) is 0 Å². The first-order chi connectivity index (χ1) is 14.1. The van der Waals surface area contributed by atoms with Crippen molar-refractivity contribution in [3.8, 4) is 11.3 Å². The maximum atomic E-state index is 12.3. The van der Waals surface area contributed by atoms with Crippen molar-refractivity contribution in [1.82, 2.24) is 24.9 Å². The highest BCUT2D eigenvalue weighted by molar-refractivity contribution is 5.76. The third-order valence-corrected chi connectivity index (χ3v) is 5.05. The van der Waals surface area contributed by atoms with Crippen molar-refractivity contribution in [3.05, 3.63) is 83.4 Å². The largest absolute Gasteiger partial charge is 0.352 e. The SMILES string of the molecule is Cc1nc2cc(-c3ccccc3)nn2c(C)c1CCC(=O)NCc1cccnc1. The first kappa shape index (κ1) is 18.8. The number of pyridine rings is 1. The van der Waals surface area contributed by atoms with E-state index in [1.807, 2.05) is 66.9 Å². The molecule has 0 fully saturated rings. The standard InChI is InChI=1S/C23H23N5O/c1-16-20(10-11-23(29)25-15-18-7-6-12-24-14-18)17(2)28-22(26-16)13-21(27-28)19-8-4-3-5-9-19/h3-9,12-14H,10-11,15H2,1-2H3,(H,25,29). The number of nitrogens with zero attached hydrogens (tertiary/aromatic N) is 4. The lowest BCUT2D eigenvalue weighted by Crippen LogP contribution is -2.23. The Bertz CT molecular complexity index is 1140. The molecule has 0 spiro atoms. The summed E-state index contributed by atoms with van der Waals surface area (Å²) in [6, 6.07) is 15.9. The van der Waals surface area contributed by atoms with Gasteiger partial charge in [-0.2, -0.15) is 5.10 Å². The number of carbonyl (C=O) groups excluding carboxylic acids is 1. The Morgan fingerprint density at radius 2 is 1.93 bits per heavy atom. The molecule has 146 valence electrons. The van der Waals surface area contributed by atoms with E-state index in [1.54, 1.807) is 12.4 Å². The predicted octanol–water partition coefficient (Wildman–Crippen LogP) is 3.66.